The van der Waals surface area contributed by atoms with Crippen molar-refractivity contribution in [3.05, 3.63) is 29.8 Å². The second-order valence-corrected chi connectivity index (χ2v) is 5.88. The van der Waals surface area contributed by atoms with Gasteiger partial charge in [0.05, 0.1) is 12.5 Å². The zero-order valence-electron chi connectivity index (χ0n) is 13.3. The van der Waals surface area contributed by atoms with Gasteiger partial charge in [0, 0.05) is 5.56 Å². The molecule has 1 atom stereocenters. The lowest BCUT2D eigenvalue weighted by atomic mass is 10.0. The first-order chi connectivity index (χ1) is 10.9. The Kier molecular flexibility index (Phi) is 6.05. The van der Waals surface area contributed by atoms with E-state index in [1.807, 2.05) is 0 Å². The molecule has 1 rings (SSSR count). The molecule has 2 N–H and O–H groups in total. The average Bonchev–Trinajstić information content (AvgIpc) is 2.33. The van der Waals surface area contributed by atoms with Crippen molar-refractivity contribution >= 4 is 12.1 Å². The monoisotopic (exact) mass is 349 g/mol. The Bertz CT molecular complexity index is 596. The Labute approximate surface area is 136 Å². The molecular formula is C15H18F3NO5. The molecule has 0 radical (unpaired) electrons. The van der Waals surface area contributed by atoms with Gasteiger partial charge in [0.2, 0.25) is 0 Å². The lowest BCUT2D eigenvalue weighted by molar-refractivity contribution is -0.275. The van der Waals surface area contributed by atoms with Crippen LogP contribution >= 0.6 is 0 Å². The van der Waals surface area contributed by atoms with E-state index in [0.717, 1.165) is 6.07 Å². The SMILES string of the molecule is CC(C)(C)OC(=O)NC(CC(=O)O)c1ccccc1OC(F)(F)F. The number of hydrogen-bond donors (Lipinski definition) is 2. The number of hydrogen-bond acceptors (Lipinski definition) is 4. The van der Waals surface area contributed by atoms with Crippen LogP contribution in [0.15, 0.2) is 24.3 Å². The average molecular weight is 349 g/mol. The maximum absolute atomic E-state index is 12.5. The molecule has 1 aromatic rings. The number of ether oxygens (including phenoxy) is 2. The molecule has 0 fully saturated rings. The lowest BCUT2D eigenvalue weighted by Crippen LogP contribution is -2.36. The molecule has 0 aromatic heterocycles. The van der Waals surface area contributed by atoms with Crippen LogP contribution in [0.4, 0.5) is 18.0 Å². The Morgan fingerprint density at radius 1 is 1.21 bits per heavy atom. The molecule has 134 valence electrons. The molecule has 0 spiro atoms. The van der Waals surface area contributed by atoms with E-state index in [2.05, 4.69) is 10.1 Å². The summed E-state index contributed by atoms with van der Waals surface area (Å²) < 4.78 is 46.3. The minimum atomic E-state index is -4.95. The Morgan fingerprint density at radius 3 is 2.29 bits per heavy atom. The fourth-order valence-corrected chi connectivity index (χ4v) is 1.85. The van der Waals surface area contributed by atoms with Crippen molar-refractivity contribution in [2.75, 3.05) is 0 Å². The minimum absolute atomic E-state index is 0.122. The van der Waals surface area contributed by atoms with Crippen LogP contribution in [0.2, 0.25) is 0 Å². The smallest absolute Gasteiger partial charge is 0.481 e. The van der Waals surface area contributed by atoms with Gasteiger partial charge in [-0.25, -0.2) is 4.79 Å². The molecule has 0 saturated carbocycles. The van der Waals surface area contributed by atoms with Crippen molar-refractivity contribution in [3.8, 4) is 5.75 Å². The van der Waals surface area contributed by atoms with Gasteiger partial charge in [-0.15, -0.1) is 13.2 Å². The highest BCUT2D eigenvalue weighted by Crippen LogP contribution is 2.31. The van der Waals surface area contributed by atoms with Crippen molar-refractivity contribution in [1.29, 1.82) is 0 Å². The molecule has 0 bridgehead atoms. The molecule has 0 saturated heterocycles. The normalized spacial score (nSPS) is 13.1. The molecule has 0 aliphatic heterocycles. The van der Waals surface area contributed by atoms with E-state index in [4.69, 9.17) is 9.84 Å². The van der Waals surface area contributed by atoms with Crippen LogP contribution in [0.25, 0.3) is 0 Å². The summed E-state index contributed by atoms with van der Waals surface area (Å²) in [4.78, 5) is 22.8. The fourth-order valence-electron chi connectivity index (χ4n) is 1.85. The summed E-state index contributed by atoms with van der Waals surface area (Å²) in [6.45, 7) is 4.79. The standard InChI is InChI=1S/C15H18F3NO5/c1-14(2,3)24-13(22)19-10(8-12(20)21)9-6-4-5-7-11(9)23-15(16,17)18/h4-7,10H,8H2,1-3H3,(H,19,22)(H,20,21). The summed E-state index contributed by atoms with van der Waals surface area (Å²) in [7, 11) is 0. The molecule has 0 heterocycles. The van der Waals surface area contributed by atoms with Gasteiger partial charge in [0.15, 0.2) is 0 Å². The number of amides is 1. The molecule has 24 heavy (non-hydrogen) atoms. The van der Waals surface area contributed by atoms with Crippen LogP contribution in [-0.2, 0) is 9.53 Å². The number of alkyl carbamates (subject to hydrolysis) is 1. The van der Waals surface area contributed by atoms with Crippen LogP contribution in [0.1, 0.15) is 38.8 Å². The third-order valence-electron chi connectivity index (χ3n) is 2.59. The van der Waals surface area contributed by atoms with E-state index in [-0.39, 0.29) is 5.56 Å². The zero-order chi connectivity index (χ0) is 18.5. The number of alkyl halides is 3. The van der Waals surface area contributed by atoms with Crippen LogP contribution in [0.3, 0.4) is 0 Å². The van der Waals surface area contributed by atoms with Gasteiger partial charge in [-0.3, -0.25) is 4.79 Å². The summed E-state index contributed by atoms with van der Waals surface area (Å²) in [5.74, 6) is -1.90. The number of carboxylic acid groups (broad SMARTS) is 1. The number of halogens is 3. The molecule has 1 amide bonds. The van der Waals surface area contributed by atoms with Crippen LogP contribution in [0, 0.1) is 0 Å². The molecule has 1 unspecified atom stereocenters. The maximum atomic E-state index is 12.5. The number of benzene rings is 1. The third kappa shape index (κ3) is 7.21. The van der Waals surface area contributed by atoms with Gasteiger partial charge in [-0.1, -0.05) is 18.2 Å². The number of nitrogens with one attached hydrogen (secondary N) is 1. The zero-order valence-corrected chi connectivity index (χ0v) is 13.3. The lowest BCUT2D eigenvalue weighted by Gasteiger charge is -2.24. The second-order valence-electron chi connectivity index (χ2n) is 5.88. The largest absolute Gasteiger partial charge is 0.573 e. The van der Waals surface area contributed by atoms with Crippen molar-refractivity contribution in [1.82, 2.24) is 5.32 Å². The molecule has 0 aliphatic rings. The Morgan fingerprint density at radius 2 is 1.79 bits per heavy atom. The molecular weight excluding hydrogens is 331 g/mol. The van der Waals surface area contributed by atoms with E-state index in [0.29, 0.717) is 0 Å². The minimum Gasteiger partial charge on any atom is -0.481 e. The number of carboxylic acids is 1. The number of carbonyl (C=O) groups is 2. The summed E-state index contributed by atoms with van der Waals surface area (Å²) in [5, 5.41) is 11.2. The maximum Gasteiger partial charge on any atom is 0.573 e. The fraction of sp³-hybridized carbons (Fsp3) is 0.467. The predicted molar refractivity (Wildman–Crippen MR) is 77.5 cm³/mol. The highest BCUT2D eigenvalue weighted by molar-refractivity contribution is 5.72. The second kappa shape index (κ2) is 7.41. The molecule has 1 aromatic carbocycles. The predicted octanol–water partition coefficient (Wildman–Crippen LogP) is 3.63. The quantitative estimate of drug-likeness (QED) is 0.848. The van der Waals surface area contributed by atoms with Gasteiger partial charge in [0.25, 0.3) is 0 Å². The summed E-state index contributed by atoms with van der Waals surface area (Å²) in [5.41, 5.74) is -0.970. The highest BCUT2D eigenvalue weighted by atomic mass is 19.4. The summed E-state index contributed by atoms with van der Waals surface area (Å²) in [6.07, 6.45) is -6.54. The Hall–Kier alpha value is -2.45. The van der Waals surface area contributed by atoms with Crippen molar-refractivity contribution in [2.24, 2.45) is 0 Å². The van der Waals surface area contributed by atoms with E-state index in [1.165, 1.54) is 18.2 Å². The van der Waals surface area contributed by atoms with Gasteiger partial charge in [-0.2, -0.15) is 0 Å². The van der Waals surface area contributed by atoms with E-state index < -0.39 is 42.2 Å². The first-order valence-corrected chi connectivity index (χ1v) is 6.93. The van der Waals surface area contributed by atoms with E-state index in [9.17, 15) is 22.8 Å². The van der Waals surface area contributed by atoms with Gasteiger partial charge in [0.1, 0.15) is 11.4 Å². The van der Waals surface area contributed by atoms with E-state index >= 15 is 0 Å². The molecule has 9 heteroatoms. The Balaban J connectivity index is 3.08. The molecule has 6 nitrogen and oxygen atoms in total. The van der Waals surface area contributed by atoms with Crippen molar-refractivity contribution in [3.63, 3.8) is 0 Å². The van der Waals surface area contributed by atoms with E-state index in [1.54, 1.807) is 20.8 Å². The van der Waals surface area contributed by atoms with Crippen LogP contribution in [-0.4, -0.2) is 29.1 Å². The summed E-state index contributed by atoms with van der Waals surface area (Å²) >= 11 is 0. The van der Waals surface area contributed by atoms with Gasteiger partial charge < -0.3 is 19.9 Å². The van der Waals surface area contributed by atoms with Crippen molar-refractivity contribution < 1.29 is 37.3 Å². The van der Waals surface area contributed by atoms with Gasteiger partial charge >= 0.3 is 18.4 Å². The molecule has 0 aliphatic carbocycles. The first-order valence-electron chi connectivity index (χ1n) is 6.93. The number of rotatable bonds is 5. The van der Waals surface area contributed by atoms with Crippen LogP contribution in [0.5, 0.6) is 5.75 Å². The van der Waals surface area contributed by atoms with Crippen molar-refractivity contribution in [2.45, 2.75) is 45.2 Å². The highest BCUT2D eigenvalue weighted by Gasteiger charge is 2.33. The first kappa shape index (κ1) is 19.6. The van der Waals surface area contributed by atoms with Crippen LogP contribution < -0.4 is 10.1 Å². The van der Waals surface area contributed by atoms with Gasteiger partial charge in [-0.05, 0) is 26.8 Å². The topological polar surface area (TPSA) is 84.9 Å². The number of aliphatic carboxylic acids is 1. The third-order valence-corrected chi connectivity index (χ3v) is 2.59. The number of carbonyl (C=O) groups excluding carboxylic acids is 1. The number of para-hydroxylation sites is 1. The summed E-state index contributed by atoms with van der Waals surface area (Å²) in [6, 6.07) is 3.73.